The number of rotatable bonds is 8. The summed E-state index contributed by atoms with van der Waals surface area (Å²) >= 11 is 0. The van der Waals surface area contributed by atoms with E-state index < -0.39 is 17.7 Å². The summed E-state index contributed by atoms with van der Waals surface area (Å²) < 4.78 is 10.7. The molecule has 7 nitrogen and oxygen atoms in total. The molecule has 194 valence electrons. The van der Waals surface area contributed by atoms with E-state index in [1.165, 1.54) is 7.11 Å². The van der Waals surface area contributed by atoms with E-state index in [1.807, 2.05) is 48.7 Å². The number of aryl methyl sites for hydroxylation is 1. The van der Waals surface area contributed by atoms with E-state index in [0.29, 0.717) is 24.3 Å². The smallest absolute Gasteiger partial charge is 0.295 e. The molecule has 1 fully saturated rings. The summed E-state index contributed by atoms with van der Waals surface area (Å²) in [6.45, 7) is 2.36. The number of benzene rings is 3. The Balaban J connectivity index is 1.56. The van der Waals surface area contributed by atoms with E-state index in [4.69, 9.17) is 9.47 Å². The number of nitrogens with one attached hydrogen (secondary N) is 1. The van der Waals surface area contributed by atoms with Gasteiger partial charge in [0.2, 0.25) is 0 Å². The number of carbonyl (C=O) groups excluding carboxylic acids is 2. The number of ether oxygens (including phenoxy) is 2. The van der Waals surface area contributed by atoms with Gasteiger partial charge in [-0.3, -0.25) is 9.59 Å². The fraction of sp³-hybridized carbons (Fsp3) is 0.226. The summed E-state index contributed by atoms with van der Waals surface area (Å²) in [6.07, 6.45) is 3.30. The molecule has 1 saturated heterocycles. The summed E-state index contributed by atoms with van der Waals surface area (Å²) in [5, 5.41) is 12.3. The van der Waals surface area contributed by atoms with Crippen molar-refractivity contribution in [2.24, 2.45) is 0 Å². The molecule has 1 aliphatic heterocycles. The van der Waals surface area contributed by atoms with Crippen LogP contribution in [0.3, 0.4) is 0 Å². The van der Waals surface area contributed by atoms with Gasteiger partial charge in [0.1, 0.15) is 17.3 Å². The van der Waals surface area contributed by atoms with Crippen LogP contribution in [0.5, 0.6) is 11.5 Å². The monoisotopic (exact) mass is 510 g/mol. The number of amides is 1. The van der Waals surface area contributed by atoms with E-state index in [2.05, 4.69) is 11.9 Å². The number of methoxy groups -OCH3 is 2. The second-order valence-corrected chi connectivity index (χ2v) is 9.30. The van der Waals surface area contributed by atoms with Gasteiger partial charge in [-0.1, -0.05) is 43.3 Å². The number of aliphatic hydroxyl groups is 1. The molecule has 4 aromatic rings. The van der Waals surface area contributed by atoms with Crippen LogP contribution in [-0.4, -0.2) is 47.4 Å². The lowest BCUT2D eigenvalue weighted by Gasteiger charge is -2.25. The second-order valence-electron chi connectivity index (χ2n) is 9.30. The third-order valence-corrected chi connectivity index (χ3v) is 7.18. The van der Waals surface area contributed by atoms with Gasteiger partial charge in [-0.2, -0.15) is 0 Å². The standard InChI is InChI=1S/C31H30N2O5/c1-4-19-8-10-20(11-9-19)28-27(29(34)21-6-5-7-23(16-21)37-2)30(35)31(36)33(28)15-14-22-18-32-26-13-12-24(38-3)17-25(22)26/h5-13,16-18,28,32,34H,4,14-15H2,1-3H3/t28-/m0/s1. The fourth-order valence-electron chi connectivity index (χ4n) is 5.05. The van der Waals surface area contributed by atoms with Crippen molar-refractivity contribution in [2.75, 3.05) is 20.8 Å². The molecule has 0 radical (unpaired) electrons. The van der Waals surface area contributed by atoms with Gasteiger partial charge in [0.25, 0.3) is 11.7 Å². The van der Waals surface area contributed by atoms with E-state index in [0.717, 1.165) is 39.8 Å². The highest BCUT2D eigenvalue weighted by Crippen LogP contribution is 2.40. The molecule has 1 atom stereocenters. The third kappa shape index (κ3) is 4.52. The number of fused-ring (bicyclic) bond motifs is 1. The first-order chi connectivity index (χ1) is 18.4. The highest BCUT2D eigenvalue weighted by Gasteiger charge is 2.45. The Kier molecular flexibility index (Phi) is 6.92. The Hall–Kier alpha value is -4.52. The maximum absolute atomic E-state index is 13.4. The number of hydrogen-bond donors (Lipinski definition) is 2. The zero-order valence-electron chi connectivity index (χ0n) is 21.7. The molecule has 1 aliphatic rings. The van der Waals surface area contributed by atoms with Gasteiger partial charge in [0.15, 0.2) is 0 Å². The molecule has 3 aromatic carbocycles. The number of nitrogens with zero attached hydrogens (tertiary/aromatic N) is 1. The number of H-pyrrole nitrogens is 1. The molecule has 0 unspecified atom stereocenters. The van der Waals surface area contributed by atoms with Crippen molar-refractivity contribution < 1.29 is 24.2 Å². The minimum absolute atomic E-state index is 0.0769. The van der Waals surface area contributed by atoms with Gasteiger partial charge in [-0.25, -0.2) is 0 Å². The van der Waals surface area contributed by atoms with Crippen molar-refractivity contribution in [2.45, 2.75) is 25.8 Å². The summed E-state index contributed by atoms with van der Waals surface area (Å²) in [4.78, 5) is 31.6. The molecule has 1 aromatic heterocycles. The SMILES string of the molecule is CCc1ccc([C@H]2C(=C(O)c3cccc(OC)c3)C(=O)C(=O)N2CCc2c[nH]c3ccc(OC)cc23)cc1. The summed E-state index contributed by atoms with van der Waals surface area (Å²) in [5.41, 5.74) is 4.38. The van der Waals surface area contributed by atoms with Gasteiger partial charge in [0, 0.05) is 29.2 Å². The quantitative estimate of drug-likeness (QED) is 0.188. The van der Waals surface area contributed by atoms with Gasteiger partial charge in [-0.05, 0) is 59.9 Å². The molecule has 7 heteroatoms. The predicted molar refractivity (Wildman–Crippen MR) is 146 cm³/mol. The topological polar surface area (TPSA) is 91.9 Å². The maximum Gasteiger partial charge on any atom is 0.295 e. The molecule has 0 spiro atoms. The van der Waals surface area contributed by atoms with Crippen LogP contribution >= 0.6 is 0 Å². The van der Waals surface area contributed by atoms with E-state index in [1.54, 1.807) is 36.3 Å². The Morgan fingerprint density at radius 1 is 0.974 bits per heavy atom. The number of aromatic nitrogens is 1. The number of hydrogen-bond acceptors (Lipinski definition) is 5. The highest BCUT2D eigenvalue weighted by atomic mass is 16.5. The van der Waals surface area contributed by atoms with Crippen LogP contribution in [0.2, 0.25) is 0 Å². The molecule has 1 amide bonds. The van der Waals surface area contributed by atoms with Crippen LogP contribution in [0, 0.1) is 0 Å². The van der Waals surface area contributed by atoms with Gasteiger partial charge in [0.05, 0.1) is 25.8 Å². The third-order valence-electron chi connectivity index (χ3n) is 7.18. The predicted octanol–water partition coefficient (Wildman–Crippen LogP) is 5.41. The fourth-order valence-corrected chi connectivity index (χ4v) is 5.05. The molecule has 2 heterocycles. The molecule has 38 heavy (non-hydrogen) atoms. The first-order valence-electron chi connectivity index (χ1n) is 12.6. The maximum atomic E-state index is 13.4. The van der Waals surface area contributed by atoms with Crippen molar-refractivity contribution in [3.05, 3.63) is 101 Å². The van der Waals surface area contributed by atoms with Crippen LogP contribution in [0.1, 0.15) is 35.2 Å². The van der Waals surface area contributed by atoms with Crippen LogP contribution in [0.4, 0.5) is 0 Å². The Bertz CT molecular complexity index is 1530. The lowest BCUT2D eigenvalue weighted by molar-refractivity contribution is -0.139. The minimum atomic E-state index is -0.716. The summed E-state index contributed by atoms with van der Waals surface area (Å²) in [5.74, 6) is -0.256. The van der Waals surface area contributed by atoms with Gasteiger partial charge >= 0.3 is 0 Å². The zero-order valence-corrected chi connectivity index (χ0v) is 21.7. The van der Waals surface area contributed by atoms with Crippen LogP contribution < -0.4 is 9.47 Å². The number of likely N-dealkylation sites (tertiary alicyclic amines) is 1. The molecule has 0 bridgehead atoms. The van der Waals surface area contributed by atoms with Crippen LogP contribution in [0.15, 0.2) is 78.5 Å². The van der Waals surface area contributed by atoms with Crippen molar-refractivity contribution in [1.29, 1.82) is 0 Å². The van der Waals surface area contributed by atoms with E-state index >= 15 is 0 Å². The molecular formula is C31H30N2O5. The molecular weight excluding hydrogens is 480 g/mol. The summed E-state index contributed by atoms with van der Waals surface area (Å²) in [6, 6.07) is 19.8. The average molecular weight is 511 g/mol. The zero-order chi connectivity index (χ0) is 26.8. The number of Topliss-reactive ketones (excluding diaryl/α,β-unsaturated/α-hetero) is 1. The van der Waals surface area contributed by atoms with Crippen LogP contribution in [0.25, 0.3) is 16.7 Å². The second kappa shape index (κ2) is 10.5. The lowest BCUT2D eigenvalue weighted by Crippen LogP contribution is -2.31. The normalized spacial score (nSPS) is 16.8. The first-order valence-corrected chi connectivity index (χ1v) is 12.6. The number of aromatic amines is 1. The molecule has 0 aliphatic carbocycles. The van der Waals surface area contributed by atoms with Gasteiger partial charge in [-0.15, -0.1) is 0 Å². The Morgan fingerprint density at radius 3 is 2.42 bits per heavy atom. The lowest BCUT2D eigenvalue weighted by atomic mass is 9.94. The first kappa shape index (κ1) is 25.1. The Labute approximate surface area is 221 Å². The Morgan fingerprint density at radius 2 is 1.71 bits per heavy atom. The summed E-state index contributed by atoms with van der Waals surface area (Å²) in [7, 11) is 3.16. The van der Waals surface area contributed by atoms with Crippen molar-refractivity contribution >= 4 is 28.4 Å². The van der Waals surface area contributed by atoms with E-state index in [-0.39, 0.29) is 11.3 Å². The molecule has 2 N–H and O–H groups in total. The number of carbonyl (C=O) groups is 2. The number of ketones is 1. The van der Waals surface area contributed by atoms with Crippen LogP contribution in [-0.2, 0) is 22.4 Å². The number of aliphatic hydroxyl groups excluding tert-OH is 1. The average Bonchev–Trinajstić information content (AvgIpc) is 3.48. The largest absolute Gasteiger partial charge is 0.507 e. The molecule has 0 saturated carbocycles. The van der Waals surface area contributed by atoms with Crippen molar-refractivity contribution in [1.82, 2.24) is 9.88 Å². The van der Waals surface area contributed by atoms with Crippen molar-refractivity contribution in [3.8, 4) is 11.5 Å². The minimum Gasteiger partial charge on any atom is -0.507 e. The van der Waals surface area contributed by atoms with Gasteiger partial charge < -0.3 is 24.5 Å². The highest BCUT2D eigenvalue weighted by molar-refractivity contribution is 6.46. The van der Waals surface area contributed by atoms with Crippen molar-refractivity contribution in [3.63, 3.8) is 0 Å². The van der Waals surface area contributed by atoms with E-state index in [9.17, 15) is 14.7 Å². The molecule has 5 rings (SSSR count).